The predicted octanol–water partition coefficient (Wildman–Crippen LogP) is -7.22. The molecule has 473 valence electrons. The number of nitrogens with one attached hydrogen (secondary N) is 6. The van der Waals surface area contributed by atoms with Crippen molar-refractivity contribution in [2.75, 3.05) is 136 Å². The molecule has 4 saturated carbocycles. The van der Waals surface area contributed by atoms with E-state index in [2.05, 4.69) is 230 Å². The fourth-order valence-electron chi connectivity index (χ4n) is 16.2. The summed E-state index contributed by atoms with van der Waals surface area (Å²) in [5.74, 6) is 11.6. The predicted molar refractivity (Wildman–Crippen MR) is 326 cm³/mol. The molecule has 1 radical (unpaired) electrons. The van der Waals surface area contributed by atoms with Gasteiger partial charge in [-0.25, -0.2) is 0 Å². The minimum absolute atomic E-state index is 0. The number of halogens is 4. The Bertz CT molecular complexity index is 1980. The first-order chi connectivity index (χ1) is 36.2. The number of hydrogen-bond donors (Lipinski definition) is 6. The molecule has 0 aromatic carbocycles. The summed E-state index contributed by atoms with van der Waals surface area (Å²) in [6, 6.07) is 0. The molecule has 81 heavy (non-hydrogen) atoms. The smallest absolute Gasteiger partial charge is 1.00 e. The maximum Gasteiger partial charge on any atom is 2.00 e. The van der Waals surface area contributed by atoms with Gasteiger partial charge in [-0.3, -0.25) is 48.5 Å². The van der Waals surface area contributed by atoms with Crippen LogP contribution in [0.2, 0.25) is 0 Å². The van der Waals surface area contributed by atoms with Crippen LogP contribution >= 0.6 is 47.0 Å². The van der Waals surface area contributed by atoms with Gasteiger partial charge >= 0.3 is 37.7 Å². The van der Waals surface area contributed by atoms with Crippen molar-refractivity contribution in [2.24, 2.45) is 71.0 Å². The third-order valence-corrected chi connectivity index (χ3v) is 25.7. The van der Waals surface area contributed by atoms with Crippen LogP contribution in [0.1, 0.15) is 77.0 Å². The molecule has 5 aliphatic heterocycles. The monoisotopic (exact) mass is 1330 g/mol. The van der Waals surface area contributed by atoms with Crippen LogP contribution in [0.3, 0.4) is 0 Å². The van der Waals surface area contributed by atoms with E-state index in [9.17, 15) is 0 Å². The van der Waals surface area contributed by atoms with Crippen molar-refractivity contribution < 1.29 is 85.0 Å². The first-order valence-corrected chi connectivity index (χ1v) is 33.5. The van der Waals surface area contributed by atoms with Crippen LogP contribution in [0.5, 0.6) is 0 Å². The second-order valence-corrected chi connectivity index (χ2v) is 30.5. The van der Waals surface area contributed by atoms with Gasteiger partial charge in [0.2, 0.25) is 0 Å². The molecule has 4 aliphatic carbocycles. The molecule has 6 N–H and O–H groups in total. The van der Waals surface area contributed by atoms with Gasteiger partial charge in [0.1, 0.15) is 0 Å². The molecule has 0 spiro atoms. The quantitative estimate of drug-likeness (QED) is 0.0598. The van der Waals surface area contributed by atoms with Gasteiger partial charge in [-0.15, -0.1) is 0 Å². The fraction of sp³-hybridized carbons (Fsp3) is 0.929. The molecule has 8 bridgehead atoms. The molecule has 0 aromatic rings. The number of rotatable bonds is 8. The zero-order chi connectivity index (χ0) is 54.3. The van der Waals surface area contributed by atoms with Gasteiger partial charge in [-0.05, 0) is 182 Å². The van der Waals surface area contributed by atoms with Gasteiger partial charge in [-0.1, -0.05) is 37.5 Å². The summed E-state index contributed by atoms with van der Waals surface area (Å²) in [4.78, 5) is 9.17. The topological polar surface area (TPSA) is 125 Å². The van der Waals surface area contributed by atoms with Crippen LogP contribution in [0.15, 0.2) is 0 Å². The van der Waals surface area contributed by atoms with Crippen molar-refractivity contribution in [3.63, 3.8) is 0 Å². The Morgan fingerprint density at radius 1 is 0.333 bits per heavy atom. The molecule has 9 fully saturated rings. The molecule has 16 nitrogen and oxygen atoms in total. The van der Waals surface area contributed by atoms with Crippen molar-refractivity contribution in [1.29, 1.82) is 0 Å². The second kappa shape index (κ2) is 32.9. The van der Waals surface area contributed by atoms with Gasteiger partial charge < -0.3 is 81.5 Å². The summed E-state index contributed by atoms with van der Waals surface area (Å²) >= 11 is 8.21. The third-order valence-electron chi connectivity index (χ3n) is 19.2. The number of thioether (sulfide) groups is 4. The third kappa shape index (κ3) is 17.5. The zero-order valence-electron chi connectivity index (χ0n) is 51.8. The van der Waals surface area contributed by atoms with Gasteiger partial charge in [0.15, 0.2) is 0 Å². The van der Waals surface area contributed by atoms with E-state index in [0.29, 0.717) is 71.0 Å². The number of nitrogens with zero attached hydrogens (tertiary/aromatic N) is 10. The van der Waals surface area contributed by atoms with E-state index >= 15 is 0 Å². The van der Waals surface area contributed by atoms with Crippen molar-refractivity contribution in [1.82, 2.24) is 51.5 Å². The Morgan fingerprint density at radius 2 is 0.556 bits per heavy atom. The minimum Gasteiger partial charge on any atom is -1.00 e. The number of fused-ring (bicyclic) bond motifs is 20. The summed E-state index contributed by atoms with van der Waals surface area (Å²) in [6.45, 7) is 0. The molecule has 20 unspecified atom stereocenters. The fourth-order valence-corrected chi connectivity index (χ4v) is 21.0. The van der Waals surface area contributed by atoms with E-state index in [1.807, 2.05) is 0 Å². The van der Waals surface area contributed by atoms with Crippen molar-refractivity contribution in [2.45, 2.75) is 126 Å². The summed E-state index contributed by atoms with van der Waals surface area (Å²) in [5.41, 5.74) is 0. The van der Waals surface area contributed by atoms with Gasteiger partial charge in [0.05, 0.1) is 137 Å². The zero-order valence-corrected chi connectivity index (χ0v) is 59.0. The number of hydrogen-bond acceptors (Lipinski definition) is 10. The van der Waals surface area contributed by atoms with Crippen LogP contribution in [-0.2, 0) is 17.1 Å². The molecule has 0 aromatic heterocycles. The van der Waals surface area contributed by atoms with Crippen LogP contribution in [0.4, 0.5) is 0 Å². The maximum atomic E-state index is 6.02. The first-order valence-electron chi connectivity index (χ1n) is 29.6. The Labute approximate surface area is 543 Å². The van der Waals surface area contributed by atoms with E-state index in [0.717, 1.165) is 5.75 Å². The summed E-state index contributed by atoms with van der Waals surface area (Å²) < 4.78 is 9.17. The van der Waals surface area contributed by atoms with E-state index in [4.69, 9.17) is 10.6 Å². The van der Waals surface area contributed by atoms with Gasteiger partial charge in [-0.2, -0.15) is 0 Å². The van der Waals surface area contributed by atoms with Crippen molar-refractivity contribution in [3.8, 4) is 0 Å². The molecule has 0 amide bonds. The molecular weight excluding hydrogens is 1230 g/mol. The van der Waals surface area contributed by atoms with Crippen LogP contribution in [-0.4, -0.2) is 244 Å². The van der Waals surface area contributed by atoms with Gasteiger partial charge in [0.25, 0.3) is 0 Å². The van der Waals surface area contributed by atoms with Gasteiger partial charge in [0, 0.05) is 23.0 Å². The molecule has 9 rings (SSSR count). The minimum atomic E-state index is 0. The number of amidine groups is 4. The molecular formula is C56H106Cl4CuN16S4. The van der Waals surface area contributed by atoms with Crippen molar-refractivity contribution in [3.05, 3.63) is 10.6 Å². The molecule has 5 saturated heterocycles. The largest absolute Gasteiger partial charge is 2.00 e. The summed E-state index contributed by atoms with van der Waals surface area (Å²) in [6.07, 6.45) is 16.5. The van der Waals surface area contributed by atoms with Crippen LogP contribution < -0.4 is 81.5 Å². The SMILES string of the molecule is CN(C)C(SCC1CCC2C3[N-]C(NC4NC(NC5[N-]C(NC6NC(N3)C3CCC(CSC(N(C)C)=[N+](C)C)CC63)C3CCC(CSC(N(C)C)=[N+](C)C)CC53)C3CC(CSC(N(C)C)=[N+](C)C)CCC43)C2C1)=[N+](C)C.[Cl-].[Cl-].[Cl-].[Cl-].[Cu+2]. The molecule has 5 heterocycles. The molecule has 20 atom stereocenters. The van der Waals surface area contributed by atoms with Crippen LogP contribution in [0, 0.1) is 71.0 Å². The van der Waals surface area contributed by atoms with E-state index in [1.165, 1.54) is 115 Å². The molecule has 25 heteroatoms. The van der Waals surface area contributed by atoms with E-state index in [-0.39, 0.29) is 116 Å². The summed E-state index contributed by atoms with van der Waals surface area (Å²) in [7, 11) is 35.1. The Morgan fingerprint density at radius 3 is 0.802 bits per heavy atom. The van der Waals surface area contributed by atoms with Crippen LogP contribution in [0.25, 0.3) is 10.6 Å². The normalized spacial score (nSPS) is 37.0. The average molecular weight is 1340 g/mol. The first kappa shape index (κ1) is 74.1. The standard InChI is InChI=1S/C56H106N16S4.4ClH.Cu/c1-65(2)53(66(3)4)73-29-33-17-21-37-41(25-33)49-58-45(37)57-46-38-22-18-34(30-74-54(67(5)6)68(7)8)26-42(38)50(59-46)61-48-40-24-20-36(32-76-56(71(13)14)72(15)16)28-44(40)52(63-48)64-51-43-27-35(19-23-39(43)47(60-49)62-51)31-75-55(69(9)10)70(11)12;;;;;/h33-52,57-58,60-61,63-64H,17-32H2,1-16H3;4*1H;/q+2;;;;;+2/p-4. The van der Waals surface area contributed by atoms with E-state index in [1.54, 1.807) is 0 Å². The average Bonchev–Trinajstić information content (AvgIpc) is 4.10. The van der Waals surface area contributed by atoms with E-state index < -0.39 is 0 Å². The van der Waals surface area contributed by atoms with Crippen molar-refractivity contribution >= 4 is 67.7 Å². The maximum absolute atomic E-state index is 6.02. The Hall–Kier alpha value is 0.639. The Balaban J connectivity index is 0.00000282. The second-order valence-electron chi connectivity index (χ2n) is 26.5. The molecule has 9 aliphatic rings. The Kier molecular flexibility index (Phi) is 30.1. The summed E-state index contributed by atoms with van der Waals surface area (Å²) in [5, 5.41) is 43.9.